The van der Waals surface area contributed by atoms with Crippen molar-refractivity contribution < 1.29 is 9.90 Å². The van der Waals surface area contributed by atoms with Crippen molar-refractivity contribution in [2.24, 2.45) is 0 Å². The lowest BCUT2D eigenvalue weighted by Gasteiger charge is -2.19. The average Bonchev–Trinajstić information content (AvgIpc) is 3.28. The number of nitrogens with one attached hydrogen (secondary N) is 1. The molecule has 0 radical (unpaired) electrons. The highest BCUT2D eigenvalue weighted by Crippen LogP contribution is 2.22. The maximum atomic E-state index is 12.8. The first-order valence-electron chi connectivity index (χ1n) is 9.78. The topological polar surface area (TPSA) is 92.9 Å². The minimum atomic E-state index is -0.134. The van der Waals surface area contributed by atoms with Crippen LogP contribution in [0.15, 0.2) is 90.1 Å². The molecule has 0 saturated carbocycles. The third-order valence-corrected chi connectivity index (χ3v) is 5.61. The van der Waals surface area contributed by atoms with Crippen LogP contribution in [0, 0.1) is 0 Å². The normalized spacial score (nSPS) is 11.7. The third kappa shape index (κ3) is 5.49. The van der Waals surface area contributed by atoms with Gasteiger partial charge in [0.1, 0.15) is 5.75 Å². The number of nitrogens with zero attached hydrogens (tertiary/aromatic N) is 4. The Labute approximate surface area is 184 Å². The van der Waals surface area contributed by atoms with Gasteiger partial charge in [0, 0.05) is 0 Å². The standard InChI is InChI=1S/C23H21N5O2S/c29-20-13-11-19(12-14-20)28-23(25-26-27-28)31-16-22(30)24-21(18-9-5-2-6-10-18)15-17-7-3-1-4-8-17/h1-14,21,29H,15-16H2,(H,24,30)/t21-/m0/s1. The van der Waals surface area contributed by atoms with Crippen molar-refractivity contribution >= 4 is 17.7 Å². The molecule has 4 aromatic rings. The maximum absolute atomic E-state index is 12.8. The molecule has 2 N–H and O–H groups in total. The number of amides is 1. The van der Waals surface area contributed by atoms with Crippen molar-refractivity contribution in [2.75, 3.05) is 5.75 Å². The zero-order valence-electron chi connectivity index (χ0n) is 16.6. The molecule has 1 amide bonds. The van der Waals surface area contributed by atoms with Gasteiger partial charge in [-0.15, -0.1) is 5.10 Å². The van der Waals surface area contributed by atoms with Crippen molar-refractivity contribution in [3.8, 4) is 11.4 Å². The first kappa shape index (κ1) is 20.6. The Balaban J connectivity index is 1.43. The van der Waals surface area contributed by atoms with Crippen molar-refractivity contribution in [1.29, 1.82) is 0 Å². The molecule has 0 bridgehead atoms. The average molecular weight is 432 g/mol. The van der Waals surface area contributed by atoms with Crippen LogP contribution in [0.3, 0.4) is 0 Å². The number of aromatic hydroxyl groups is 1. The number of carbonyl (C=O) groups excluding carboxylic acids is 1. The Morgan fingerprint density at radius 1 is 0.968 bits per heavy atom. The van der Waals surface area contributed by atoms with E-state index in [0.717, 1.165) is 11.1 Å². The van der Waals surface area contributed by atoms with Crippen molar-refractivity contribution in [2.45, 2.75) is 17.6 Å². The van der Waals surface area contributed by atoms with Crippen LogP contribution in [-0.4, -0.2) is 37.0 Å². The van der Waals surface area contributed by atoms with Gasteiger partial charge in [-0.25, -0.2) is 0 Å². The second kappa shape index (κ2) is 9.90. The summed E-state index contributed by atoms with van der Waals surface area (Å²) in [6.07, 6.45) is 0.701. The highest BCUT2D eigenvalue weighted by atomic mass is 32.2. The SMILES string of the molecule is O=C(CSc1nnnn1-c1ccc(O)cc1)N[C@@H](Cc1ccccc1)c1ccccc1. The van der Waals surface area contributed by atoms with Gasteiger partial charge in [0.15, 0.2) is 0 Å². The molecule has 0 unspecified atom stereocenters. The summed E-state index contributed by atoms with van der Waals surface area (Å²) in [5, 5.41) is 24.8. The number of aromatic nitrogens is 4. The number of tetrazole rings is 1. The first-order valence-corrected chi connectivity index (χ1v) is 10.8. The fourth-order valence-electron chi connectivity index (χ4n) is 3.18. The van der Waals surface area contributed by atoms with Crippen LogP contribution in [0.5, 0.6) is 5.75 Å². The van der Waals surface area contributed by atoms with Crippen LogP contribution in [0.4, 0.5) is 0 Å². The van der Waals surface area contributed by atoms with Crippen molar-refractivity contribution in [3.63, 3.8) is 0 Å². The van der Waals surface area contributed by atoms with E-state index in [1.54, 1.807) is 24.3 Å². The summed E-state index contributed by atoms with van der Waals surface area (Å²) >= 11 is 1.26. The van der Waals surface area contributed by atoms with Gasteiger partial charge in [-0.2, -0.15) is 4.68 Å². The van der Waals surface area contributed by atoms with Crippen LogP contribution in [0.1, 0.15) is 17.2 Å². The van der Waals surface area contributed by atoms with E-state index < -0.39 is 0 Å². The third-order valence-electron chi connectivity index (χ3n) is 4.69. The van der Waals surface area contributed by atoms with E-state index in [0.29, 0.717) is 17.3 Å². The molecule has 0 spiro atoms. The van der Waals surface area contributed by atoms with Gasteiger partial charge < -0.3 is 10.4 Å². The number of phenols is 1. The molecule has 0 aliphatic rings. The molecule has 1 heterocycles. The van der Waals surface area contributed by atoms with Gasteiger partial charge in [0.2, 0.25) is 11.1 Å². The Morgan fingerprint density at radius 3 is 2.35 bits per heavy atom. The highest BCUT2D eigenvalue weighted by Gasteiger charge is 2.17. The molecule has 8 heteroatoms. The molecule has 3 aromatic carbocycles. The van der Waals surface area contributed by atoms with Crippen LogP contribution < -0.4 is 5.32 Å². The van der Waals surface area contributed by atoms with Crippen molar-refractivity contribution in [3.05, 3.63) is 96.1 Å². The number of hydrogen-bond acceptors (Lipinski definition) is 6. The summed E-state index contributed by atoms with van der Waals surface area (Å²) in [6.45, 7) is 0. The molecular formula is C23H21N5O2S. The number of carbonyl (C=O) groups is 1. The number of rotatable bonds is 8. The smallest absolute Gasteiger partial charge is 0.230 e. The predicted octanol–water partition coefficient (Wildman–Crippen LogP) is 3.56. The van der Waals surface area contributed by atoms with E-state index in [4.69, 9.17) is 0 Å². The van der Waals surface area contributed by atoms with Crippen LogP contribution >= 0.6 is 11.8 Å². The second-order valence-corrected chi connectivity index (χ2v) is 7.84. The number of thioether (sulfide) groups is 1. The number of hydrogen-bond donors (Lipinski definition) is 2. The number of benzene rings is 3. The molecule has 31 heavy (non-hydrogen) atoms. The fraction of sp³-hybridized carbons (Fsp3) is 0.130. The van der Waals surface area contributed by atoms with Gasteiger partial charge in [-0.3, -0.25) is 4.79 Å². The van der Waals surface area contributed by atoms with E-state index in [1.165, 1.54) is 16.4 Å². The Hall–Kier alpha value is -3.65. The molecule has 1 atom stereocenters. The minimum Gasteiger partial charge on any atom is -0.508 e. The zero-order valence-corrected chi connectivity index (χ0v) is 17.4. The molecule has 1 aromatic heterocycles. The highest BCUT2D eigenvalue weighted by molar-refractivity contribution is 7.99. The van der Waals surface area contributed by atoms with Gasteiger partial charge in [-0.1, -0.05) is 72.4 Å². The lowest BCUT2D eigenvalue weighted by atomic mass is 9.99. The van der Waals surface area contributed by atoms with Gasteiger partial charge in [0.05, 0.1) is 17.5 Å². The summed E-state index contributed by atoms with van der Waals surface area (Å²) in [5.74, 6) is 0.238. The zero-order chi connectivity index (χ0) is 21.5. The minimum absolute atomic E-state index is 0.102. The molecule has 156 valence electrons. The summed E-state index contributed by atoms with van der Waals surface area (Å²) in [4.78, 5) is 12.8. The van der Waals surface area contributed by atoms with Gasteiger partial charge in [0.25, 0.3) is 0 Å². The Morgan fingerprint density at radius 2 is 1.65 bits per heavy atom. The van der Waals surface area contributed by atoms with E-state index in [9.17, 15) is 9.90 Å². The van der Waals surface area contributed by atoms with Crippen molar-refractivity contribution in [1.82, 2.24) is 25.5 Å². The maximum Gasteiger partial charge on any atom is 0.230 e. The second-order valence-electron chi connectivity index (χ2n) is 6.90. The molecular weight excluding hydrogens is 410 g/mol. The molecule has 0 fully saturated rings. The Kier molecular flexibility index (Phi) is 6.59. The molecule has 0 aliphatic heterocycles. The molecule has 0 aliphatic carbocycles. The predicted molar refractivity (Wildman–Crippen MR) is 119 cm³/mol. The molecule has 4 rings (SSSR count). The summed E-state index contributed by atoms with van der Waals surface area (Å²) in [5.41, 5.74) is 2.91. The summed E-state index contributed by atoms with van der Waals surface area (Å²) < 4.78 is 1.54. The van der Waals surface area contributed by atoms with Crippen LogP contribution in [0.25, 0.3) is 5.69 Å². The van der Waals surface area contributed by atoms with E-state index >= 15 is 0 Å². The largest absolute Gasteiger partial charge is 0.508 e. The van der Waals surface area contributed by atoms with Crippen LogP contribution in [0.2, 0.25) is 0 Å². The quantitative estimate of drug-likeness (QED) is 0.415. The molecule has 0 saturated heterocycles. The van der Waals surface area contributed by atoms with E-state index in [-0.39, 0.29) is 23.5 Å². The lowest BCUT2D eigenvalue weighted by molar-refractivity contribution is -0.119. The van der Waals surface area contributed by atoms with E-state index in [1.807, 2.05) is 48.5 Å². The number of phenolic OH excluding ortho intramolecular Hbond substituents is 1. The van der Waals surface area contributed by atoms with E-state index in [2.05, 4.69) is 33.0 Å². The summed E-state index contributed by atoms with van der Waals surface area (Å²) in [7, 11) is 0. The monoisotopic (exact) mass is 431 g/mol. The fourth-order valence-corrected chi connectivity index (χ4v) is 3.88. The Bertz CT molecular complexity index is 1120. The lowest BCUT2D eigenvalue weighted by Crippen LogP contribution is -2.31. The first-order chi connectivity index (χ1) is 15.2. The molecule has 7 nitrogen and oxygen atoms in total. The van der Waals surface area contributed by atoms with Gasteiger partial charge >= 0.3 is 0 Å². The van der Waals surface area contributed by atoms with Gasteiger partial charge in [-0.05, 0) is 52.2 Å². The van der Waals surface area contributed by atoms with Crippen LogP contribution in [-0.2, 0) is 11.2 Å². The summed E-state index contributed by atoms with van der Waals surface area (Å²) in [6, 6.07) is 26.4.